The summed E-state index contributed by atoms with van der Waals surface area (Å²) in [5.41, 5.74) is 0.558. The maximum absolute atomic E-state index is 13.3. The Bertz CT molecular complexity index is 632. The number of sulfonamides is 1. The molecule has 2 N–H and O–H groups in total. The fraction of sp³-hybridized carbons (Fsp3) is 0.417. The molecule has 0 bridgehead atoms. The number of halogens is 1. The molecule has 1 aliphatic rings. The highest BCUT2D eigenvalue weighted by Crippen LogP contribution is 2.36. The molecular formula is C12H14FNO4S2. The summed E-state index contributed by atoms with van der Waals surface area (Å²) in [6.07, 6.45) is 0.493. The molecule has 5 nitrogen and oxygen atoms in total. The molecule has 0 spiro atoms. The Hall–Kier alpha value is -1.12. The van der Waals surface area contributed by atoms with Crippen LogP contribution in [0.4, 0.5) is 4.39 Å². The number of aliphatic carboxylic acids is 1. The SMILES string of the molecule is CC(C(=O)O)S(=O)(=O)NC1CCSc2ccc(F)cc21. The molecule has 0 aromatic heterocycles. The van der Waals surface area contributed by atoms with Crippen molar-refractivity contribution in [2.45, 2.75) is 29.5 Å². The van der Waals surface area contributed by atoms with Crippen LogP contribution in [-0.4, -0.2) is 30.5 Å². The fourth-order valence-electron chi connectivity index (χ4n) is 1.92. The summed E-state index contributed by atoms with van der Waals surface area (Å²) in [6, 6.07) is 3.63. The van der Waals surface area contributed by atoms with E-state index in [2.05, 4.69) is 4.72 Å². The average Bonchev–Trinajstić information content (AvgIpc) is 2.38. The number of thioether (sulfide) groups is 1. The van der Waals surface area contributed by atoms with E-state index < -0.39 is 33.1 Å². The van der Waals surface area contributed by atoms with Gasteiger partial charge >= 0.3 is 5.97 Å². The van der Waals surface area contributed by atoms with E-state index in [0.29, 0.717) is 17.7 Å². The monoisotopic (exact) mass is 319 g/mol. The number of nitrogens with one attached hydrogen (secondary N) is 1. The molecule has 0 fully saturated rings. The van der Waals surface area contributed by atoms with Crippen LogP contribution in [-0.2, 0) is 14.8 Å². The molecule has 0 aliphatic carbocycles. The van der Waals surface area contributed by atoms with Gasteiger partial charge in [-0.3, -0.25) is 4.79 Å². The molecular weight excluding hydrogens is 305 g/mol. The molecule has 1 aromatic carbocycles. The van der Waals surface area contributed by atoms with Crippen LogP contribution in [0.15, 0.2) is 23.1 Å². The van der Waals surface area contributed by atoms with Crippen molar-refractivity contribution in [3.05, 3.63) is 29.6 Å². The first-order valence-electron chi connectivity index (χ1n) is 5.97. The molecule has 110 valence electrons. The van der Waals surface area contributed by atoms with E-state index in [-0.39, 0.29) is 0 Å². The van der Waals surface area contributed by atoms with Gasteiger partial charge in [-0.15, -0.1) is 11.8 Å². The predicted molar refractivity (Wildman–Crippen MR) is 73.6 cm³/mol. The minimum Gasteiger partial charge on any atom is -0.480 e. The van der Waals surface area contributed by atoms with Gasteiger partial charge in [-0.25, -0.2) is 17.5 Å². The molecule has 0 saturated carbocycles. The largest absolute Gasteiger partial charge is 0.480 e. The predicted octanol–water partition coefficient (Wildman–Crippen LogP) is 1.76. The quantitative estimate of drug-likeness (QED) is 0.883. The number of benzene rings is 1. The fourth-order valence-corrected chi connectivity index (χ4v) is 4.14. The summed E-state index contributed by atoms with van der Waals surface area (Å²) in [4.78, 5) is 11.6. The maximum Gasteiger partial charge on any atom is 0.323 e. The van der Waals surface area contributed by atoms with Gasteiger partial charge in [-0.05, 0) is 42.9 Å². The summed E-state index contributed by atoms with van der Waals surface area (Å²) in [7, 11) is -4.00. The van der Waals surface area contributed by atoms with Crippen LogP contribution in [0.5, 0.6) is 0 Å². The number of carbonyl (C=O) groups is 1. The topological polar surface area (TPSA) is 83.5 Å². The molecule has 2 unspecified atom stereocenters. The van der Waals surface area contributed by atoms with Gasteiger partial charge in [0.1, 0.15) is 5.82 Å². The van der Waals surface area contributed by atoms with Crippen molar-refractivity contribution >= 4 is 27.8 Å². The van der Waals surface area contributed by atoms with Crippen molar-refractivity contribution < 1.29 is 22.7 Å². The molecule has 2 rings (SSSR count). The van der Waals surface area contributed by atoms with E-state index in [1.54, 1.807) is 6.07 Å². The van der Waals surface area contributed by atoms with E-state index in [9.17, 15) is 17.6 Å². The van der Waals surface area contributed by atoms with E-state index in [0.717, 1.165) is 11.8 Å². The Balaban J connectivity index is 2.29. The van der Waals surface area contributed by atoms with Gasteiger partial charge in [0, 0.05) is 10.9 Å². The number of rotatable bonds is 4. The third-order valence-electron chi connectivity index (χ3n) is 3.13. The Morgan fingerprint density at radius 1 is 1.55 bits per heavy atom. The maximum atomic E-state index is 13.3. The van der Waals surface area contributed by atoms with Gasteiger partial charge in [0.25, 0.3) is 0 Å². The van der Waals surface area contributed by atoms with Gasteiger partial charge in [-0.2, -0.15) is 0 Å². The van der Waals surface area contributed by atoms with Crippen LogP contribution in [0.25, 0.3) is 0 Å². The minimum atomic E-state index is -4.00. The second-order valence-corrected chi connectivity index (χ2v) is 7.68. The Morgan fingerprint density at radius 3 is 2.90 bits per heavy atom. The lowest BCUT2D eigenvalue weighted by molar-refractivity contribution is -0.136. The summed E-state index contributed by atoms with van der Waals surface area (Å²) in [6.45, 7) is 1.11. The molecule has 0 amide bonds. The van der Waals surface area contributed by atoms with Crippen LogP contribution >= 0.6 is 11.8 Å². The zero-order valence-electron chi connectivity index (χ0n) is 10.7. The van der Waals surface area contributed by atoms with Crippen LogP contribution in [0.1, 0.15) is 24.9 Å². The van der Waals surface area contributed by atoms with Crippen molar-refractivity contribution in [2.24, 2.45) is 0 Å². The average molecular weight is 319 g/mol. The molecule has 20 heavy (non-hydrogen) atoms. The van der Waals surface area contributed by atoms with Gasteiger partial charge in [0.15, 0.2) is 5.25 Å². The smallest absolute Gasteiger partial charge is 0.323 e. The lowest BCUT2D eigenvalue weighted by atomic mass is 10.0. The van der Waals surface area contributed by atoms with Gasteiger partial charge in [-0.1, -0.05) is 0 Å². The van der Waals surface area contributed by atoms with Crippen molar-refractivity contribution in [3.8, 4) is 0 Å². The highest BCUT2D eigenvalue weighted by Gasteiger charge is 2.32. The normalized spacial score (nSPS) is 20.2. The Labute approximate surface area is 120 Å². The van der Waals surface area contributed by atoms with E-state index in [4.69, 9.17) is 5.11 Å². The Morgan fingerprint density at radius 2 is 2.25 bits per heavy atom. The first-order valence-corrected chi connectivity index (χ1v) is 8.50. The molecule has 0 saturated heterocycles. The minimum absolute atomic E-state index is 0.443. The van der Waals surface area contributed by atoms with E-state index in [1.165, 1.54) is 23.9 Å². The zero-order chi connectivity index (χ0) is 14.9. The summed E-state index contributed by atoms with van der Waals surface area (Å²) in [5, 5.41) is 7.26. The number of fused-ring (bicyclic) bond motifs is 1. The highest BCUT2D eigenvalue weighted by molar-refractivity contribution is 7.99. The molecule has 8 heteroatoms. The number of hydrogen-bond donors (Lipinski definition) is 2. The van der Waals surface area contributed by atoms with Crippen molar-refractivity contribution in [3.63, 3.8) is 0 Å². The van der Waals surface area contributed by atoms with Crippen LogP contribution < -0.4 is 4.72 Å². The summed E-state index contributed by atoms with van der Waals surface area (Å²) < 4.78 is 39.6. The van der Waals surface area contributed by atoms with Crippen LogP contribution in [0.2, 0.25) is 0 Å². The first kappa shape index (κ1) is 15.3. The number of hydrogen-bond acceptors (Lipinski definition) is 4. The standard InChI is InChI=1S/C12H14FNO4S2/c1-7(12(15)16)20(17,18)14-10-4-5-19-11-3-2-8(13)6-9(10)11/h2-3,6-7,10,14H,4-5H2,1H3,(H,15,16). The van der Waals surface area contributed by atoms with Crippen molar-refractivity contribution in [1.82, 2.24) is 4.72 Å². The van der Waals surface area contributed by atoms with Crippen molar-refractivity contribution in [1.29, 1.82) is 0 Å². The zero-order valence-corrected chi connectivity index (χ0v) is 12.3. The summed E-state index contributed by atoms with van der Waals surface area (Å²) in [5.74, 6) is -1.17. The van der Waals surface area contributed by atoms with Gasteiger partial charge in [0.05, 0.1) is 0 Å². The summed E-state index contributed by atoms with van der Waals surface area (Å²) >= 11 is 1.52. The number of carboxylic acids is 1. The molecule has 2 atom stereocenters. The molecule has 1 aromatic rings. The third kappa shape index (κ3) is 3.13. The van der Waals surface area contributed by atoms with Crippen LogP contribution in [0, 0.1) is 5.82 Å². The van der Waals surface area contributed by atoms with Gasteiger partial charge in [0.2, 0.25) is 10.0 Å². The van der Waals surface area contributed by atoms with E-state index >= 15 is 0 Å². The highest BCUT2D eigenvalue weighted by atomic mass is 32.2. The van der Waals surface area contributed by atoms with E-state index in [1.807, 2.05) is 0 Å². The van der Waals surface area contributed by atoms with Gasteiger partial charge < -0.3 is 5.11 Å². The third-order valence-corrected chi connectivity index (χ3v) is 6.00. The lowest BCUT2D eigenvalue weighted by Crippen LogP contribution is -2.40. The second kappa shape index (κ2) is 5.71. The second-order valence-electron chi connectivity index (χ2n) is 4.52. The molecule has 0 radical (unpaired) electrons. The van der Waals surface area contributed by atoms with Crippen molar-refractivity contribution in [2.75, 3.05) is 5.75 Å². The first-order chi connectivity index (χ1) is 9.31. The Kier molecular flexibility index (Phi) is 4.36. The number of carboxylic acid groups (broad SMARTS) is 1. The van der Waals surface area contributed by atoms with Crippen LogP contribution in [0.3, 0.4) is 0 Å². The molecule has 1 heterocycles. The molecule has 1 aliphatic heterocycles. The lowest BCUT2D eigenvalue weighted by Gasteiger charge is -2.26.